The molecule has 3 heteroatoms. The van der Waals surface area contributed by atoms with Crippen LogP contribution in [0.4, 0.5) is 0 Å². The minimum absolute atomic E-state index is 0.230. The van der Waals surface area contributed by atoms with E-state index in [1.807, 2.05) is 0 Å². The fraction of sp³-hybridized carbons (Fsp3) is 0.143. The normalized spacial score (nSPS) is 11.5. The number of aliphatic hydroxyl groups excluding tert-OH is 1. The van der Waals surface area contributed by atoms with Crippen molar-refractivity contribution in [2.45, 2.75) is 12.4 Å². The summed E-state index contributed by atoms with van der Waals surface area (Å²) in [4.78, 5) is 0. The summed E-state index contributed by atoms with van der Waals surface area (Å²) < 4.78 is 0. The number of hydrogen-bond acceptors (Lipinski definition) is 3. The van der Waals surface area contributed by atoms with E-state index in [2.05, 4.69) is 0 Å². The first-order chi connectivity index (χ1) is 8.16. The van der Waals surface area contributed by atoms with Crippen LogP contribution < -0.4 is 0 Å². The highest BCUT2D eigenvalue weighted by atomic mass is 16.5. The van der Waals surface area contributed by atoms with Crippen molar-refractivity contribution in [1.82, 2.24) is 0 Å². The van der Waals surface area contributed by atoms with Crippen molar-refractivity contribution in [2.75, 3.05) is 0 Å². The molecule has 0 amide bonds. The van der Waals surface area contributed by atoms with Crippen molar-refractivity contribution in [1.29, 1.82) is 0 Å². The molecule has 2 rings (SSSR count). The maximum atomic E-state index is 10.2. The Labute approximate surface area is 99.6 Å². The molecule has 0 saturated heterocycles. The van der Waals surface area contributed by atoms with Gasteiger partial charge in [-0.25, -0.2) is 0 Å². The molecule has 0 fully saturated rings. The highest BCUT2D eigenvalue weighted by Gasteiger charge is 2.30. The van der Waals surface area contributed by atoms with Crippen molar-refractivity contribution in [3.63, 3.8) is 0 Å². The van der Waals surface area contributed by atoms with E-state index in [4.69, 9.17) is 0 Å². The average Bonchev–Trinajstić information content (AvgIpc) is 2.39. The van der Waals surface area contributed by atoms with E-state index in [0.29, 0.717) is 16.7 Å². The van der Waals surface area contributed by atoms with Crippen LogP contribution in [0.5, 0.6) is 0 Å². The molecule has 3 N–H and O–H groups in total. The van der Waals surface area contributed by atoms with Crippen LogP contribution in [0, 0.1) is 0 Å². The topological polar surface area (TPSA) is 60.7 Å². The van der Waals surface area contributed by atoms with Gasteiger partial charge in [0, 0.05) is 11.1 Å². The first-order valence-electron chi connectivity index (χ1n) is 5.36. The summed E-state index contributed by atoms with van der Waals surface area (Å²) >= 11 is 0. The molecule has 0 bridgehead atoms. The second kappa shape index (κ2) is 4.67. The summed E-state index contributed by atoms with van der Waals surface area (Å²) in [6.07, 6.45) is 0. The molecule has 0 aliphatic rings. The lowest BCUT2D eigenvalue weighted by molar-refractivity contribution is -0.133. The predicted octanol–water partition coefficient (Wildman–Crippen LogP) is 1.36. The van der Waals surface area contributed by atoms with Gasteiger partial charge in [-0.1, -0.05) is 54.6 Å². The fourth-order valence-corrected chi connectivity index (χ4v) is 1.82. The van der Waals surface area contributed by atoms with Crippen LogP contribution in [0.2, 0.25) is 0 Å². The van der Waals surface area contributed by atoms with E-state index in [0.717, 1.165) is 0 Å². The molecule has 2 aromatic rings. The van der Waals surface area contributed by atoms with Crippen molar-refractivity contribution < 1.29 is 15.3 Å². The highest BCUT2D eigenvalue weighted by molar-refractivity contribution is 5.38. The number of benzene rings is 2. The number of hydrogen-bond donors (Lipinski definition) is 3. The van der Waals surface area contributed by atoms with Crippen molar-refractivity contribution in [3.8, 4) is 0 Å². The molecule has 0 aromatic heterocycles. The zero-order valence-corrected chi connectivity index (χ0v) is 9.24. The van der Waals surface area contributed by atoms with Gasteiger partial charge in [0.2, 0.25) is 5.79 Å². The van der Waals surface area contributed by atoms with E-state index in [9.17, 15) is 15.3 Å². The molecule has 17 heavy (non-hydrogen) atoms. The molecule has 2 aromatic carbocycles. The molecule has 3 nitrogen and oxygen atoms in total. The van der Waals surface area contributed by atoms with Crippen LogP contribution in [0.1, 0.15) is 16.7 Å². The molecule has 0 atom stereocenters. The quantitative estimate of drug-likeness (QED) is 0.698. The van der Waals surface area contributed by atoms with Gasteiger partial charge in [0.05, 0.1) is 6.61 Å². The third kappa shape index (κ3) is 2.22. The van der Waals surface area contributed by atoms with Gasteiger partial charge in [0.25, 0.3) is 0 Å². The molecule has 0 heterocycles. The lowest BCUT2D eigenvalue weighted by atomic mass is 9.94. The lowest BCUT2D eigenvalue weighted by Gasteiger charge is -2.24. The average molecular weight is 230 g/mol. The Hall–Kier alpha value is -1.68. The molecule has 0 radical (unpaired) electrons. The van der Waals surface area contributed by atoms with Crippen LogP contribution in [0.25, 0.3) is 0 Å². The Morgan fingerprint density at radius 3 is 2.06 bits per heavy atom. The molecule has 0 aliphatic carbocycles. The highest BCUT2D eigenvalue weighted by Crippen LogP contribution is 2.29. The maximum Gasteiger partial charge on any atom is 0.217 e. The molecule has 0 spiro atoms. The largest absolute Gasteiger partial charge is 0.392 e. The van der Waals surface area contributed by atoms with Crippen LogP contribution in [0.15, 0.2) is 54.6 Å². The van der Waals surface area contributed by atoms with Crippen molar-refractivity contribution >= 4 is 0 Å². The second-order valence-corrected chi connectivity index (χ2v) is 3.85. The first kappa shape index (κ1) is 11.8. The van der Waals surface area contributed by atoms with Gasteiger partial charge in [-0.2, -0.15) is 0 Å². The Morgan fingerprint density at radius 2 is 1.41 bits per heavy atom. The first-order valence-corrected chi connectivity index (χ1v) is 5.36. The van der Waals surface area contributed by atoms with Crippen LogP contribution >= 0.6 is 0 Å². The summed E-state index contributed by atoms with van der Waals surface area (Å²) in [6, 6.07) is 15.3. The molecule has 0 saturated carbocycles. The van der Waals surface area contributed by atoms with Gasteiger partial charge in [0.1, 0.15) is 0 Å². The zero-order valence-electron chi connectivity index (χ0n) is 9.24. The van der Waals surface area contributed by atoms with Gasteiger partial charge < -0.3 is 15.3 Å². The smallest absolute Gasteiger partial charge is 0.217 e. The Kier molecular flexibility index (Phi) is 3.24. The van der Waals surface area contributed by atoms with Gasteiger partial charge >= 0.3 is 0 Å². The van der Waals surface area contributed by atoms with E-state index in [-0.39, 0.29) is 6.61 Å². The zero-order chi connectivity index (χ0) is 12.3. The van der Waals surface area contributed by atoms with E-state index in [1.165, 1.54) is 0 Å². The maximum absolute atomic E-state index is 10.2. The third-order valence-electron chi connectivity index (χ3n) is 2.74. The fourth-order valence-electron chi connectivity index (χ4n) is 1.82. The Morgan fingerprint density at radius 1 is 0.824 bits per heavy atom. The monoisotopic (exact) mass is 230 g/mol. The van der Waals surface area contributed by atoms with E-state index in [1.54, 1.807) is 54.6 Å². The molecule has 88 valence electrons. The van der Waals surface area contributed by atoms with Gasteiger partial charge in [-0.3, -0.25) is 0 Å². The van der Waals surface area contributed by atoms with E-state index >= 15 is 0 Å². The summed E-state index contributed by atoms with van der Waals surface area (Å²) in [5.74, 6) is -2.08. The van der Waals surface area contributed by atoms with Gasteiger partial charge in [0.15, 0.2) is 0 Å². The third-order valence-corrected chi connectivity index (χ3v) is 2.74. The van der Waals surface area contributed by atoms with Crippen LogP contribution in [-0.2, 0) is 12.4 Å². The lowest BCUT2D eigenvalue weighted by Crippen LogP contribution is -2.28. The molecular formula is C14H14O3. The predicted molar refractivity (Wildman–Crippen MR) is 64.0 cm³/mol. The van der Waals surface area contributed by atoms with Gasteiger partial charge in [-0.05, 0) is 5.56 Å². The second-order valence-electron chi connectivity index (χ2n) is 3.85. The number of rotatable bonds is 3. The summed E-state index contributed by atoms with van der Waals surface area (Å²) in [5.41, 5.74) is 1.18. The van der Waals surface area contributed by atoms with Crippen molar-refractivity contribution in [3.05, 3.63) is 71.3 Å². The van der Waals surface area contributed by atoms with Crippen LogP contribution in [0.3, 0.4) is 0 Å². The Balaban J connectivity index is 2.51. The molecule has 0 aliphatic heterocycles. The molecular weight excluding hydrogens is 216 g/mol. The minimum atomic E-state index is -2.08. The van der Waals surface area contributed by atoms with Gasteiger partial charge in [-0.15, -0.1) is 0 Å². The summed E-state index contributed by atoms with van der Waals surface area (Å²) in [6.45, 7) is -0.230. The van der Waals surface area contributed by atoms with Crippen molar-refractivity contribution in [2.24, 2.45) is 0 Å². The SMILES string of the molecule is OCc1ccccc1C(O)(O)c1ccccc1. The number of aliphatic hydroxyl groups is 3. The van der Waals surface area contributed by atoms with E-state index < -0.39 is 5.79 Å². The summed E-state index contributed by atoms with van der Waals surface area (Å²) in [5, 5.41) is 29.6. The Bertz CT molecular complexity index is 492. The van der Waals surface area contributed by atoms with Crippen LogP contribution in [-0.4, -0.2) is 15.3 Å². The standard InChI is InChI=1S/C14H14O3/c15-10-11-6-4-5-9-13(11)14(16,17)12-7-2-1-3-8-12/h1-9,15-17H,10H2. The minimum Gasteiger partial charge on any atom is -0.392 e. The summed E-state index contributed by atoms with van der Waals surface area (Å²) in [7, 11) is 0. The molecule has 0 unspecified atom stereocenters.